The third-order valence-electron chi connectivity index (χ3n) is 5.52. The van der Waals surface area contributed by atoms with Crippen molar-refractivity contribution in [1.29, 1.82) is 0 Å². The van der Waals surface area contributed by atoms with Crippen LogP contribution in [0, 0.1) is 6.92 Å². The molecule has 2 atom stereocenters. The zero-order valence-corrected chi connectivity index (χ0v) is 18.4. The molecular weight excluding hydrogens is 412 g/mol. The molecule has 2 unspecified atom stereocenters. The molecule has 1 N–H and O–H groups in total. The van der Waals surface area contributed by atoms with Crippen LogP contribution in [-0.2, 0) is 20.8 Å². The SMILES string of the molecule is CC(=O)c1nn(CC(=O)O)c2c(C)cc(-c3cnc(C(C)OC4CCCCO4)nc3)cc12. The van der Waals surface area contributed by atoms with Gasteiger partial charge in [-0.15, -0.1) is 0 Å². The molecule has 2 aromatic heterocycles. The van der Waals surface area contributed by atoms with Gasteiger partial charge in [-0.1, -0.05) is 0 Å². The first kappa shape index (κ1) is 22.0. The number of carbonyl (C=O) groups excluding carboxylic acids is 1. The van der Waals surface area contributed by atoms with Gasteiger partial charge in [-0.3, -0.25) is 14.3 Å². The van der Waals surface area contributed by atoms with E-state index in [-0.39, 0.29) is 30.4 Å². The Kier molecular flexibility index (Phi) is 6.29. The zero-order valence-electron chi connectivity index (χ0n) is 18.4. The molecule has 0 radical (unpaired) electrons. The van der Waals surface area contributed by atoms with Gasteiger partial charge in [0.15, 0.2) is 17.9 Å². The van der Waals surface area contributed by atoms with E-state index in [1.807, 2.05) is 26.0 Å². The Hall–Kier alpha value is -3.17. The van der Waals surface area contributed by atoms with Crippen molar-refractivity contribution in [1.82, 2.24) is 19.7 Å². The lowest BCUT2D eigenvalue weighted by molar-refractivity contribution is -0.187. The minimum Gasteiger partial charge on any atom is -0.480 e. The lowest BCUT2D eigenvalue weighted by Crippen LogP contribution is -2.24. The second-order valence-electron chi connectivity index (χ2n) is 8.05. The van der Waals surface area contributed by atoms with Gasteiger partial charge in [0.1, 0.15) is 18.3 Å². The molecule has 0 spiro atoms. The average molecular weight is 438 g/mol. The maximum Gasteiger partial charge on any atom is 0.325 e. The summed E-state index contributed by atoms with van der Waals surface area (Å²) >= 11 is 0. The van der Waals surface area contributed by atoms with Crippen LogP contribution in [0.25, 0.3) is 22.0 Å². The van der Waals surface area contributed by atoms with Crippen molar-refractivity contribution >= 4 is 22.7 Å². The van der Waals surface area contributed by atoms with Gasteiger partial charge in [0.25, 0.3) is 0 Å². The van der Waals surface area contributed by atoms with Crippen LogP contribution in [0.5, 0.6) is 0 Å². The Balaban J connectivity index is 1.63. The normalized spacial score (nSPS) is 17.4. The predicted molar refractivity (Wildman–Crippen MR) is 116 cm³/mol. The van der Waals surface area contributed by atoms with Crippen LogP contribution >= 0.6 is 0 Å². The van der Waals surface area contributed by atoms with Crippen molar-refractivity contribution in [3.63, 3.8) is 0 Å². The zero-order chi connectivity index (χ0) is 22.8. The highest BCUT2D eigenvalue weighted by molar-refractivity contribution is 6.06. The van der Waals surface area contributed by atoms with E-state index in [2.05, 4.69) is 15.1 Å². The third-order valence-corrected chi connectivity index (χ3v) is 5.52. The number of carboxylic acids is 1. The fourth-order valence-electron chi connectivity index (χ4n) is 4.00. The molecule has 32 heavy (non-hydrogen) atoms. The molecule has 3 heterocycles. The number of hydrogen-bond acceptors (Lipinski definition) is 7. The Morgan fingerprint density at radius 2 is 2.00 bits per heavy atom. The second kappa shape index (κ2) is 9.13. The van der Waals surface area contributed by atoms with E-state index in [9.17, 15) is 14.7 Å². The number of rotatable bonds is 7. The largest absolute Gasteiger partial charge is 0.480 e. The number of fused-ring (bicyclic) bond motifs is 1. The molecule has 1 aliphatic heterocycles. The van der Waals surface area contributed by atoms with Gasteiger partial charge in [0.2, 0.25) is 0 Å². The summed E-state index contributed by atoms with van der Waals surface area (Å²) in [6.07, 6.45) is 5.94. The summed E-state index contributed by atoms with van der Waals surface area (Å²) in [7, 11) is 0. The number of carboxylic acid groups (broad SMARTS) is 1. The van der Waals surface area contributed by atoms with Gasteiger partial charge in [0, 0.05) is 36.9 Å². The Morgan fingerprint density at radius 1 is 1.25 bits per heavy atom. The van der Waals surface area contributed by atoms with E-state index in [1.54, 1.807) is 12.4 Å². The number of hydrogen-bond donors (Lipinski definition) is 1. The molecule has 1 saturated heterocycles. The van der Waals surface area contributed by atoms with Crippen LogP contribution in [0.4, 0.5) is 0 Å². The Bertz CT molecular complexity index is 1150. The highest BCUT2D eigenvalue weighted by atomic mass is 16.7. The van der Waals surface area contributed by atoms with Gasteiger partial charge in [0.05, 0.1) is 5.52 Å². The standard InChI is InChI=1S/C23H26N4O5/c1-13-8-16(9-18-21(14(2)28)26-27(22(13)18)12-19(29)30)17-10-24-23(25-11-17)15(3)32-20-6-4-5-7-31-20/h8-11,15,20H,4-7,12H2,1-3H3,(H,29,30). The quantitative estimate of drug-likeness (QED) is 0.555. The number of benzene rings is 1. The summed E-state index contributed by atoms with van der Waals surface area (Å²) < 4.78 is 12.9. The summed E-state index contributed by atoms with van der Waals surface area (Å²) in [4.78, 5) is 32.3. The molecule has 0 bridgehead atoms. The van der Waals surface area contributed by atoms with E-state index in [4.69, 9.17) is 9.47 Å². The highest BCUT2D eigenvalue weighted by Gasteiger charge is 2.21. The molecule has 1 aromatic carbocycles. The number of ketones is 1. The van der Waals surface area contributed by atoms with Crippen molar-refractivity contribution in [2.24, 2.45) is 0 Å². The molecule has 0 aliphatic carbocycles. The van der Waals surface area contributed by atoms with E-state index in [1.165, 1.54) is 11.6 Å². The van der Waals surface area contributed by atoms with Crippen LogP contribution in [-0.4, -0.2) is 49.5 Å². The van der Waals surface area contributed by atoms with Gasteiger partial charge >= 0.3 is 5.97 Å². The van der Waals surface area contributed by atoms with Gasteiger partial charge in [-0.05, 0) is 56.4 Å². The summed E-state index contributed by atoms with van der Waals surface area (Å²) in [6, 6.07) is 3.75. The van der Waals surface area contributed by atoms with Gasteiger partial charge in [-0.25, -0.2) is 9.97 Å². The van der Waals surface area contributed by atoms with Crippen LogP contribution in [0.15, 0.2) is 24.5 Å². The minimum atomic E-state index is -1.02. The van der Waals surface area contributed by atoms with E-state index in [0.29, 0.717) is 23.3 Å². The smallest absolute Gasteiger partial charge is 0.325 e. The number of ether oxygens (including phenoxy) is 2. The van der Waals surface area contributed by atoms with E-state index < -0.39 is 5.97 Å². The van der Waals surface area contributed by atoms with Crippen molar-refractivity contribution in [3.8, 4) is 11.1 Å². The van der Waals surface area contributed by atoms with Crippen molar-refractivity contribution in [2.75, 3.05) is 6.61 Å². The van der Waals surface area contributed by atoms with Crippen molar-refractivity contribution in [3.05, 3.63) is 41.6 Å². The maximum absolute atomic E-state index is 12.1. The third kappa shape index (κ3) is 4.53. The van der Waals surface area contributed by atoms with E-state index >= 15 is 0 Å². The fourth-order valence-corrected chi connectivity index (χ4v) is 4.00. The van der Waals surface area contributed by atoms with Crippen molar-refractivity contribution < 1.29 is 24.2 Å². The highest BCUT2D eigenvalue weighted by Crippen LogP contribution is 2.30. The molecule has 1 aliphatic rings. The van der Waals surface area contributed by atoms with Crippen LogP contribution in [0.2, 0.25) is 0 Å². The summed E-state index contributed by atoms with van der Waals surface area (Å²) in [5.41, 5.74) is 3.30. The average Bonchev–Trinajstić information content (AvgIpc) is 3.13. The first-order valence-corrected chi connectivity index (χ1v) is 10.7. The number of aromatic nitrogens is 4. The number of carbonyl (C=O) groups is 2. The summed E-state index contributed by atoms with van der Waals surface area (Å²) in [5, 5.41) is 14.1. The lowest BCUT2D eigenvalue weighted by Gasteiger charge is -2.25. The summed E-state index contributed by atoms with van der Waals surface area (Å²) in [5.74, 6) is -0.676. The van der Waals surface area contributed by atoms with Gasteiger partial charge < -0.3 is 14.6 Å². The fraction of sp³-hybridized carbons (Fsp3) is 0.435. The molecule has 9 nitrogen and oxygen atoms in total. The maximum atomic E-state index is 12.1. The van der Waals surface area contributed by atoms with Gasteiger partial charge in [-0.2, -0.15) is 5.10 Å². The number of aliphatic carboxylic acids is 1. The molecule has 0 amide bonds. The van der Waals surface area contributed by atoms with Crippen LogP contribution < -0.4 is 0 Å². The first-order chi connectivity index (χ1) is 15.3. The van der Waals surface area contributed by atoms with Crippen LogP contribution in [0.1, 0.15) is 61.1 Å². The minimum absolute atomic E-state index is 0.223. The monoisotopic (exact) mass is 438 g/mol. The summed E-state index contributed by atoms with van der Waals surface area (Å²) in [6.45, 7) is 5.59. The molecular formula is C23H26N4O5. The molecule has 3 aromatic rings. The molecule has 1 fully saturated rings. The predicted octanol–water partition coefficient (Wildman–Crippen LogP) is 3.69. The Labute approximate surface area is 185 Å². The molecule has 168 valence electrons. The topological polar surface area (TPSA) is 116 Å². The molecule has 0 saturated carbocycles. The molecule has 4 rings (SSSR count). The van der Waals surface area contributed by atoms with Crippen LogP contribution in [0.3, 0.4) is 0 Å². The van der Waals surface area contributed by atoms with Crippen molar-refractivity contribution in [2.45, 2.75) is 59.0 Å². The van der Waals surface area contributed by atoms with E-state index in [0.717, 1.165) is 36.0 Å². The lowest BCUT2D eigenvalue weighted by atomic mass is 10.0. The number of Topliss-reactive ketones (excluding diaryl/α,β-unsaturated/α-hetero) is 1. The number of aryl methyl sites for hydroxylation is 1. The number of nitrogens with zero attached hydrogens (tertiary/aromatic N) is 4. The Morgan fingerprint density at radius 3 is 2.62 bits per heavy atom. The first-order valence-electron chi connectivity index (χ1n) is 10.7. The second-order valence-corrected chi connectivity index (χ2v) is 8.05. The molecule has 9 heteroatoms.